The summed E-state index contributed by atoms with van der Waals surface area (Å²) >= 11 is 0. The lowest BCUT2D eigenvalue weighted by Gasteiger charge is -2.33. The zero-order valence-electron chi connectivity index (χ0n) is 17.9. The Morgan fingerprint density at radius 2 is 1.61 bits per heavy atom. The third-order valence-corrected chi connectivity index (χ3v) is 7.17. The van der Waals surface area contributed by atoms with Crippen molar-refractivity contribution in [3.05, 3.63) is 97.6 Å². The molecule has 2 aliphatic carbocycles. The molecule has 0 spiro atoms. The zero-order chi connectivity index (χ0) is 21.7. The summed E-state index contributed by atoms with van der Waals surface area (Å²) in [5, 5.41) is 11.0. The number of hydrogen-bond acceptors (Lipinski definition) is 3. The monoisotopic (exact) mass is 411 g/mol. The molecular formula is C27H25NO3. The van der Waals surface area contributed by atoms with Crippen molar-refractivity contribution in [3.8, 4) is 11.1 Å². The van der Waals surface area contributed by atoms with Crippen LogP contribution in [0, 0.1) is 24.0 Å². The number of ketones is 1. The first-order chi connectivity index (χ1) is 15.0. The molecule has 0 fully saturated rings. The van der Waals surface area contributed by atoms with Gasteiger partial charge in [-0.3, -0.25) is 14.9 Å². The van der Waals surface area contributed by atoms with Crippen molar-refractivity contribution in [1.82, 2.24) is 0 Å². The first-order valence-electron chi connectivity index (χ1n) is 11.0. The van der Waals surface area contributed by atoms with Crippen molar-refractivity contribution in [3.63, 3.8) is 0 Å². The number of hydrogen-bond donors (Lipinski definition) is 0. The molecule has 0 radical (unpaired) electrons. The van der Waals surface area contributed by atoms with E-state index in [0.717, 1.165) is 19.3 Å². The van der Waals surface area contributed by atoms with Crippen LogP contribution in [0.25, 0.3) is 11.1 Å². The number of nitro benzene ring substituents is 1. The van der Waals surface area contributed by atoms with E-state index in [1.807, 2.05) is 0 Å². The number of nitro groups is 1. The van der Waals surface area contributed by atoms with E-state index in [-0.39, 0.29) is 17.4 Å². The van der Waals surface area contributed by atoms with E-state index in [4.69, 9.17) is 0 Å². The molecule has 0 aromatic heterocycles. The van der Waals surface area contributed by atoms with Crippen molar-refractivity contribution in [2.24, 2.45) is 0 Å². The van der Waals surface area contributed by atoms with E-state index in [0.29, 0.717) is 12.0 Å². The third-order valence-electron chi connectivity index (χ3n) is 7.17. The summed E-state index contributed by atoms with van der Waals surface area (Å²) in [5.74, 6) is -0.195. The summed E-state index contributed by atoms with van der Waals surface area (Å²) in [6.07, 6.45) is 5.12. The molecule has 3 aromatic carbocycles. The predicted octanol–water partition coefficient (Wildman–Crippen LogP) is 6.28. The molecule has 3 aromatic rings. The molecule has 31 heavy (non-hydrogen) atoms. The second kappa shape index (κ2) is 7.45. The van der Waals surface area contributed by atoms with Crippen molar-refractivity contribution >= 4 is 11.5 Å². The lowest BCUT2D eigenvalue weighted by Crippen LogP contribution is -2.24. The van der Waals surface area contributed by atoms with E-state index >= 15 is 0 Å². The van der Waals surface area contributed by atoms with Crippen molar-refractivity contribution < 1.29 is 9.72 Å². The minimum atomic E-state index is -0.428. The highest BCUT2D eigenvalue weighted by Crippen LogP contribution is 2.46. The van der Waals surface area contributed by atoms with E-state index in [2.05, 4.69) is 38.1 Å². The maximum atomic E-state index is 13.8. The topological polar surface area (TPSA) is 60.2 Å². The Bertz CT molecular complexity index is 1220. The van der Waals surface area contributed by atoms with Gasteiger partial charge in [0.05, 0.1) is 10.8 Å². The lowest BCUT2D eigenvalue weighted by molar-refractivity contribution is -0.384. The number of carbonyl (C=O) groups is 1. The van der Waals surface area contributed by atoms with E-state index in [9.17, 15) is 14.9 Å². The van der Waals surface area contributed by atoms with Crippen LogP contribution in [0.3, 0.4) is 0 Å². The Labute approximate surface area is 182 Å². The number of nitrogens with zero attached hydrogens (tertiary/aromatic N) is 1. The molecule has 5 rings (SSSR count). The van der Waals surface area contributed by atoms with Gasteiger partial charge in [0.1, 0.15) is 0 Å². The van der Waals surface area contributed by atoms with Gasteiger partial charge < -0.3 is 0 Å². The van der Waals surface area contributed by atoms with Crippen LogP contribution in [0.5, 0.6) is 0 Å². The number of non-ortho nitro benzene ring substituents is 1. The van der Waals surface area contributed by atoms with Crippen molar-refractivity contribution in [2.75, 3.05) is 0 Å². The average molecular weight is 412 g/mol. The molecule has 0 amide bonds. The number of rotatable bonds is 3. The summed E-state index contributed by atoms with van der Waals surface area (Å²) in [6.45, 7) is 4.26. The molecule has 4 nitrogen and oxygen atoms in total. The summed E-state index contributed by atoms with van der Waals surface area (Å²) in [7, 11) is 0. The van der Waals surface area contributed by atoms with Gasteiger partial charge in [-0.2, -0.15) is 0 Å². The summed E-state index contributed by atoms with van der Waals surface area (Å²) in [6, 6.07) is 14.9. The van der Waals surface area contributed by atoms with Gasteiger partial charge in [0, 0.05) is 17.7 Å². The molecule has 2 aliphatic rings. The molecule has 0 N–H and O–H groups in total. The Hall–Kier alpha value is -3.27. The molecule has 4 heteroatoms. The fourth-order valence-electron chi connectivity index (χ4n) is 5.36. The molecule has 0 aliphatic heterocycles. The van der Waals surface area contributed by atoms with Gasteiger partial charge in [-0.25, -0.2) is 0 Å². The van der Waals surface area contributed by atoms with Crippen LogP contribution in [0.1, 0.15) is 62.5 Å². The molecule has 1 atom stereocenters. The highest BCUT2D eigenvalue weighted by molar-refractivity contribution is 6.03. The summed E-state index contributed by atoms with van der Waals surface area (Å²) in [4.78, 5) is 24.4. The Kier molecular flexibility index (Phi) is 4.73. The first-order valence-corrected chi connectivity index (χ1v) is 11.0. The molecular weight excluding hydrogens is 386 g/mol. The number of fused-ring (bicyclic) bond motifs is 5. The largest absolute Gasteiger partial charge is 0.293 e. The van der Waals surface area contributed by atoms with Gasteiger partial charge >= 0.3 is 0 Å². The Morgan fingerprint density at radius 1 is 0.903 bits per heavy atom. The molecule has 0 saturated heterocycles. The molecule has 0 bridgehead atoms. The maximum Gasteiger partial charge on any atom is 0.269 e. The lowest BCUT2D eigenvalue weighted by atomic mass is 9.70. The van der Waals surface area contributed by atoms with E-state index < -0.39 is 4.92 Å². The van der Waals surface area contributed by atoms with Gasteiger partial charge in [-0.05, 0) is 103 Å². The standard InChI is InChI=1S/C27H25NO3/c1-16-7-13-22-23-14-10-18-5-3-4-6-21(18)26(23)25(15-24(22)17(16)2)27(29)19-8-11-20(12-9-19)28(30)31/h7-14,25H,3-6,15H2,1-2H3. The first kappa shape index (κ1) is 19.7. The second-order valence-corrected chi connectivity index (χ2v) is 8.83. The SMILES string of the molecule is Cc1ccc2c(c1C)CC(C(=O)c1ccc([N+](=O)[O-])cc1)c1c-2ccc2c1CCCC2. The zero-order valence-corrected chi connectivity index (χ0v) is 17.9. The van der Waals surface area contributed by atoms with E-state index in [1.165, 1.54) is 63.1 Å². The van der Waals surface area contributed by atoms with E-state index in [1.54, 1.807) is 12.1 Å². The fraction of sp³-hybridized carbons (Fsp3) is 0.296. The Balaban J connectivity index is 1.68. The van der Waals surface area contributed by atoms with Crippen molar-refractivity contribution in [2.45, 2.75) is 51.9 Å². The summed E-state index contributed by atoms with van der Waals surface area (Å²) < 4.78 is 0. The average Bonchev–Trinajstić information content (AvgIpc) is 2.80. The van der Waals surface area contributed by atoms with Crippen LogP contribution in [0.15, 0.2) is 48.5 Å². The van der Waals surface area contributed by atoms with Crippen LogP contribution in [0.2, 0.25) is 0 Å². The smallest absolute Gasteiger partial charge is 0.269 e. The van der Waals surface area contributed by atoms with Crippen LogP contribution in [-0.4, -0.2) is 10.7 Å². The molecule has 1 unspecified atom stereocenters. The van der Waals surface area contributed by atoms with Gasteiger partial charge in [-0.1, -0.05) is 24.3 Å². The number of carbonyl (C=O) groups excluding carboxylic acids is 1. The van der Waals surface area contributed by atoms with Crippen LogP contribution < -0.4 is 0 Å². The Morgan fingerprint density at radius 3 is 2.35 bits per heavy atom. The highest BCUT2D eigenvalue weighted by Gasteiger charge is 2.34. The van der Waals surface area contributed by atoms with Gasteiger partial charge in [0.15, 0.2) is 5.78 Å². The number of Topliss-reactive ketones (excluding diaryl/α,β-unsaturated/α-hetero) is 1. The van der Waals surface area contributed by atoms with Crippen molar-refractivity contribution in [1.29, 1.82) is 0 Å². The van der Waals surface area contributed by atoms with Crippen LogP contribution in [-0.2, 0) is 19.3 Å². The minimum Gasteiger partial charge on any atom is -0.293 e. The summed E-state index contributed by atoms with van der Waals surface area (Å²) in [5.41, 5.74) is 10.7. The highest BCUT2D eigenvalue weighted by atomic mass is 16.6. The van der Waals surface area contributed by atoms with Gasteiger partial charge in [0.2, 0.25) is 0 Å². The van der Waals surface area contributed by atoms with Crippen LogP contribution >= 0.6 is 0 Å². The molecule has 0 heterocycles. The second-order valence-electron chi connectivity index (χ2n) is 8.83. The minimum absolute atomic E-state index is 0.00906. The number of benzene rings is 3. The van der Waals surface area contributed by atoms with Gasteiger partial charge in [-0.15, -0.1) is 0 Å². The maximum absolute atomic E-state index is 13.8. The van der Waals surface area contributed by atoms with Gasteiger partial charge in [0.25, 0.3) is 5.69 Å². The normalized spacial score (nSPS) is 16.8. The number of aryl methyl sites for hydroxylation is 2. The fourth-order valence-corrected chi connectivity index (χ4v) is 5.36. The third kappa shape index (κ3) is 3.18. The molecule has 0 saturated carbocycles. The van der Waals surface area contributed by atoms with Crippen LogP contribution in [0.4, 0.5) is 5.69 Å². The molecule has 156 valence electrons. The predicted molar refractivity (Wildman–Crippen MR) is 122 cm³/mol. The quantitative estimate of drug-likeness (QED) is 0.289.